The van der Waals surface area contributed by atoms with E-state index in [9.17, 15) is 53.5 Å². The van der Waals surface area contributed by atoms with Crippen LogP contribution in [-0.4, -0.2) is 144 Å². The van der Waals surface area contributed by atoms with Crippen molar-refractivity contribution >= 4 is 55.9 Å². The number of nitrogens with one attached hydrogen (secondary N) is 7. The average molecular weight is 837 g/mol. The lowest BCUT2D eigenvalue weighted by molar-refractivity contribution is -0.139. The summed E-state index contributed by atoms with van der Waals surface area (Å²) < 4.78 is 9.89. The first-order chi connectivity index (χ1) is 27.6. The number of amides is 7. The fourth-order valence-electron chi connectivity index (χ4n) is 4.91. The van der Waals surface area contributed by atoms with E-state index in [1.54, 1.807) is 60.7 Å². The number of carboxylic acids is 1. The van der Waals surface area contributed by atoms with E-state index in [4.69, 9.17) is 19.9 Å². The van der Waals surface area contributed by atoms with Gasteiger partial charge in [-0.1, -0.05) is 60.7 Å². The van der Waals surface area contributed by atoms with Crippen molar-refractivity contribution in [2.24, 2.45) is 5.73 Å². The summed E-state index contributed by atoms with van der Waals surface area (Å²) in [5.74, 6) is -7.99. The van der Waals surface area contributed by atoms with Crippen molar-refractivity contribution < 1.29 is 67.6 Å². The summed E-state index contributed by atoms with van der Waals surface area (Å²) in [6.45, 7) is -2.62. The molecule has 0 radical (unpaired) electrons. The van der Waals surface area contributed by atoms with Gasteiger partial charge in [0.2, 0.25) is 41.4 Å². The van der Waals surface area contributed by atoms with Crippen LogP contribution in [0.4, 0.5) is 0 Å². The van der Waals surface area contributed by atoms with Crippen molar-refractivity contribution in [3.8, 4) is 0 Å². The fourth-order valence-corrected chi connectivity index (χ4v) is 5.29. The van der Waals surface area contributed by atoms with Gasteiger partial charge < -0.3 is 72.2 Å². The molecule has 0 saturated heterocycles. The molecule has 0 aromatic heterocycles. The van der Waals surface area contributed by atoms with E-state index in [2.05, 4.69) is 31.9 Å². The van der Waals surface area contributed by atoms with Gasteiger partial charge in [-0.2, -0.15) is 0 Å². The quantitative estimate of drug-likeness (QED) is 0.0419. The Hall–Kier alpha value is -5.61. The first kappa shape index (κ1) is 48.5. The Morgan fingerprint density at radius 3 is 1.55 bits per heavy atom. The standard InChI is InChI=1S/C35H49N8O14P/c1-20(38-32(51)23(39-28(46)15-36)13-21-9-5-3-6-10-21)30(49)43-27(19-57-58(55)56-2)35(54)40-24(14-22-11-7-4-8-12-22)33(52)42-26(18-45)34(53)41-25(17-44)31(50)37-16-29(47)48/h3-12,20,23-27,44-45,55H,13-19,36H2,1-2H3,(H,37,50)(H,38,51)(H,39,46)(H,40,54)(H,41,53)(H,42,52)(H,43,49)(H,47,48)/t20-,23-,24-,25-,26-,27-,58?/m0/s1. The van der Waals surface area contributed by atoms with Crippen molar-refractivity contribution in [3.63, 3.8) is 0 Å². The zero-order valence-corrected chi connectivity index (χ0v) is 32.5. The Balaban J connectivity index is 2.28. The zero-order chi connectivity index (χ0) is 43.2. The maximum absolute atomic E-state index is 13.8. The van der Waals surface area contributed by atoms with Crippen LogP contribution in [-0.2, 0) is 60.2 Å². The predicted octanol–water partition coefficient (Wildman–Crippen LogP) is -4.57. The minimum atomic E-state index is -2.53. The van der Waals surface area contributed by atoms with E-state index in [0.29, 0.717) is 11.1 Å². The number of hydrogen-bond acceptors (Lipinski definition) is 14. The molecule has 7 atom stereocenters. The van der Waals surface area contributed by atoms with Gasteiger partial charge in [0.15, 0.2) is 0 Å². The molecule has 22 nitrogen and oxygen atoms in total. The second-order valence-electron chi connectivity index (χ2n) is 12.4. The normalized spacial score (nSPS) is 14.4. The molecule has 0 saturated carbocycles. The van der Waals surface area contributed by atoms with Crippen molar-refractivity contribution in [2.75, 3.05) is 40.0 Å². The highest BCUT2D eigenvalue weighted by atomic mass is 31.2. The molecule has 0 bridgehead atoms. The van der Waals surface area contributed by atoms with Crippen molar-refractivity contribution in [3.05, 3.63) is 71.8 Å². The molecule has 2 rings (SSSR count). The number of rotatable bonds is 25. The maximum atomic E-state index is 13.8. The molecule has 0 aliphatic rings. The monoisotopic (exact) mass is 836 g/mol. The maximum Gasteiger partial charge on any atom is 0.329 e. The van der Waals surface area contributed by atoms with Crippen LogP contribution in [0.3, 0.4) is 0 Å². The summed E-state index contributed by atoms with van der Waals surface area (Å²) in [5.41, 5.74) is 6.63. The second-order valence-corrected chi connectivity index (χ2v) is 13.5. The van der Waals surface area contributed by atoms with Crippen LogP contribution in [0.1, 0.15) is 18.1 Å². The number of aliphatic hydroxyl groups excluding tert-OH is 2. The highest BCUT2D eigenvalue weighted by Crippen LogP contribution is 2.31. The van der Waals surface area contributed by atoms with Crippen LogP contribution < -0.4 is 43.0 Å². The van der Waals surface area contributed by atoms with Crippen molar-refractivity contribution in [2.45, 2.75) is 56.0 Å². The lowest BCUT2D eigenvalue weighted by Gasteiger charge is -2.26. The van der Waals surface area contributed by atoms with E-state index in [1.165, 1.54) is 6.92 Å². The number of carboxylic acid groups (broad SMARTS) is 1. The summed E-state index contributed by atoms with van der Waals surface area (Å²) >= 11 is 0. The minimum absolute atomic E-state index is 0.0521. The van der Waals surface area contributed by atoms with Gasteiger partial charge in [-0.15, -0.1) is 0 Å². The van der Waals surface area contributed by atoms with Gasteiger partial charge in [0.1, 0.15) is 42.8 Å². The summed E-state index contributed by atoms with van der Waals surface area (Å²) in [7, 11) is -1.41. The molecule has 2 aromatic carbocycles. The van der Waals surface area contributed by atoms with Gasteiger partial charge in [-0.3, -0.25) is 38.4 Å². The first-order valence-corrected chi connectivity index (χ1v) is 18.7. The lowest BCUT2D eigenvalue weighted by atomic mass is 10.0. The summed E-state index contributed by atoms with van der Waals surface area (Å²) in [4.78, 5) is 112. The molecule has 1 unspecified atom stereocenters. The van der Waals surface area contributed by atoms with Gasteiger partial charge in [0.25, 0.3) is 0 Å². The van der Waals surface area contributed by atoms with Crippen LogP contribution in [0.15, 0.2) is 60.7 Å². The van der Waals surface area contributed by atoms with E-state index >= 15 is 0 Å². The molecule has 23 heteroatoms. The van der Waals surface area contributed by atoms with Gasteiger partial charge in [0.05, 0.1) is 26.4 Å². The molecule has 0 spiro atoms. The molecule has 0 heterocycles. The lowest BCUT2D eigenvalue weighted by Crippen LogP contribution is -2.61. The number of carbonyl (C=O) groups is 8. The average Bonchev–Trinajstić information content (AvgIpc) is 3.21. The Labute approximate surface area is 334 Å². The number of aliphatic hydroxyl groups is 2. The molecule has 0 aliphatic heterocycles. The van der Waals surface area contributed by atoms with Crippen molar-refractivity contribution in [1.82, 2.24) is 37.2 Å². The van der Waals surface area contributed by atoms with Gasteiger partial charge in [-0.05, 0) is 18.1 Å². The Kier molecular flexibility index (Phi) is 21.4. The molecule has 7 amide bonds. The zero-order valence-electron chi connectivity index (χ0n) is 31.6. The molecule has 0 aliphatic carbocycles. The molecule has 2 aromatic rings. The van der Waals surface area contributed by atoms with Crippen molar-refractivity contribution in [1.29, 1.82) is 0 Å². The number of nitrogens with two attached hydrogens (primary N) is 1. The second kappa shape index (κ2) is 25.6. The first-order valence-electron chi connectivity index (χ1n) is 17.6. The third-order valence-electron chi connectivity index (χ3n) is 7.97. The van der Waals surface area contributed by atoms with Gasteiger partial charge >= 0.3 is 14.6 Å². The molecule has 0 fully saturated rings. The van der Waals surface area contributed by atoms with Gasteiger partial charge in [0, 0.05) is 20.0 Å². The number of carbonyl (C=O) groups excluding carboxylic acids is 7. The van der Waals surface area contributed by atoms with E-state index < -0.39 is 125 Å². The largest absolute Gasteiger partial charge is 0.480 e. The number of hydrogen-bond donors (Lipinski definition) is 12. The molecule has 58 heavy (non-hydrogen) atoms. The Morgan fingerprint density at radius 1 is 0.638 bits per heavy atom. The highest BCUT2D eigenvalue weighted by Gasteiger charge is 2.33. The third kappa shape index (κ3) is 17.3. The van der Waals surface area contributed by atoms with Crippen LogP contribution in [0.2, 0.25) is 0 Å². The SMILES string of the molecule is COP(O)OC[C@H](NC(=O)[C@H](C)NC(=O)[C@H](Cc1ccccc1)NC(=O)CN)C(=O)N[C@@H](Cc1ccccc1)C(=O)N[C@@H](CO)C(=O)N[C@@H](CO)C(=O)NCC(=O)O. The Morgan fingerprint density at radius 2 is 1.07 bits per heavy atom. The van der Waals surface area contributed by atoms with E-state index in [0.717, 1.165) is 7.11 Å². The topological polar surface area (TPSA) is 346 Å². The molecular weight excluding hydrogens is 787 g/mol. The number of benzene rings is 2. The summed E-state index contributed by atoms with van der Waals surface area (Å²) in [5, 5.41) is 44.5. The summed E-state index contributed by atoms with van der Waals surface area (Å²) in [6, 6.07) is 7.91. The van der Waals surface area contributed by atoms with Crippen LogP contribution >= 0.6 is 8.60 Å². The molecule has 318 valence electrons. The minimum Gasteiger partial charge on any atom is -0.480 e. The molecular formula is C35H49N8O14P. The third-order valence-corrected chi connectivity index (χ3v) is 8.66. The van der Waals surface area contributed by atoms with Crippen LogP contribution in [0.25, 0.3) is 0 Å². The summed E-state index contributed by atoms with van der Waals surface area (Å²) in [6.07, 6.45) is -0.151. The molecule has 13 N–H and O–H groups in total. The highest BCUT2D eigenvalue weighted by molar-refractivity contribution is 7.40. The smallest absolute Gasteiger partial charge is 0.329 e. The van der Waals surface area contributed by atoms with Crippen LogP contribution in [0.5, 0.6) is 0 Å². The van der Waals surface area contributed by atoms with E-state index in [-0.39, 0.29) is 12.8 Å². The van der Waals surface area contributed by atoms with E-state index in [1.807, 2.05) is 5.32 Å². The fraction of sp³-hybridized carbons (Fsp3) is 0.429. The van der Waals surface area contributed by atoms with Crippen LogP contribution in [0, 0.1) is 0 Å². The number of aliphatic carboxylic acids is 1. The van der Waals surface area contributed by atoms with Gasteiger partial charge in [-0.25, -0.2) is 0 Å². The Bertz CT molecular complexity index is 1690. The predicted molar refractivity (Wildman–Crippen MR) is 204 cm³/mol.